The van der Waals surface area contributed by atoms with Gasteiger partial charge in [0.15, 0.2) is 0 Å². The molecule has 30 heavy (non-hydrogen) atoms. The molecule has 1 atom stereocenters. The molecule has 152 valence electrons. The number of aromatic nitrogens is 2. The highest BCUT2D eigenvalue weighted by atomic mass is 16.5. The van der Waals surface area contributed by atoms with Crippen molar-refractivity contribution in [3.63, 3.8) is 0 Å². The number of para-hydroxylation sites is 3. The number of anilines is 1. The molecule has 6 heteroatoms. The van der Waals surface area contributed by atoms with Crippen molar-refractivity contribution in [3.05, 3.63) is 90.4 Å². The number of aryl methyl sites for hydroxylation is 1. The van der Waals surface area contributed by atoms with Crippen LogP contribution in [0.4, 0.5) is 10.5 Å². The minimum atomic E-state index is -0.284. The molecule has 2 heterocycles. The second kappa shape index (κ2) is 8.69. The van der Waals surface area contributed by atoms with E-state index in [-0.39, 0.29) is 11.9 Å². The molecule has 0 aliphatic heterocycles. The molecule has 0 unspecified atom stereocenters. The third-order valence-corrected chi connectivity index (χ3v) is 5.21. The molecule has 2 amide bonds. The third-order valence-electron chi connectivity index (χ3n) is 5.21. The van der Waals surface area contributed by atoms with Crippen LogP contribution in [0.25, 0.3) is 10.9 Å². The topological polar surface area (TPSA) is 68.2 Å². The number of hydrogen-bond donors (Lipinski definition) is 2. The monoisotopic (exact) mass is 400 g/mol. The van der Waals surface area contributed by atoms with Crippen LogP contribution in [0.3, 0.4) is 0 Å². The van der Waals surface area contributed by atoms with Crippen LogP contribution in [0.2, 0.25) is 0 Å². The van der Waals surface area contributed by atoms with Gasteiger partial charge in [0, 0.05) is 49.0 Å². The van der Waals surface area contributed by atoms with Gasteiger partial charge in [-0.15, -0.1) is 0 Å². The standard InChI is InChI=1S/C24H24N4O2/c1-28-16-20(18-9-3-5-11-22(18)28)19(17-8-7-13-25-14-17)15-26-24(29)27-21-10-4-6-12-23(21)30-2/h3-14,16,19H,15H2,1-2H3,(H2,26,27,29)/t19-/m1/s1. The lowest BCUT2D eigenvalue weighted by Gasteiger charge is -2.18. The second-order valence-electron chi connectivity index (χ2n) is 7.09. The molecule has 0 spiro atoms. The van der Waals surface area contributed by atoms with Gasteiger partial charge in [-0.25, -0.2) is 4.79 Å². The van der Waals surface area contributed by atoms with Crippen molar-refractivity contribution >= 4 is 22.6 Å². The van der Waals surface area contributed by atoms with Gasteiger partial charge >= 0.3 is 6.03 Å². The van der Waals surface area contributed by atoms with Crippen molar-refractivity contribution < 1.29 is 9.53 Å². The largest absolute Gasteiger partial charge is 0.495 e. The first-order valence-corrected chi connectivity index (χ1v) is 9.79. The van der Waals surface area contributed by atoms with Crippen LogP contribution in [0.15, 0.2) is 79.3 Å². The number of fused-ring (bicyclic) bond motifs is 1. The Labute approximate surface area is 175 Å². The Hall–Kier alpha value is -3.80. The van der Waals surface area contributed by atoms with Gasteiger partial charge in [0.2, 0.25) is 0 Å². The van der Waals surface area contributed by atoms with Gasteiger partial charge in [0.05, 0.1) is 12.8 Å². The van der Waals surface area contributed by atoms with Crippen LogP contribution in [0, 0.1) is 0 Å². The van der Waals surface area contributed by atoms with Gasteiger partial charge < -0.3 is 19.9 Å². The van der Waals surface area contributed by atoms with E-state index in [9.17, 15) is 4.79 Å². The molecule has 0 radical (unpaired) electrons. The van der Waals surface area contributed by atoms with Crippen molar-refractivity contribution in [1.82, 2.24) is 14.9 Å². The van der Waals surface area contributed by atoms with Crippen LogP contribution in [0.5, 0.6) is 5.75 Å². The Morgan fingerprint density at radius 3 is 2.70 bits per heavy atom. The summed E-state index contributed by atoms with van der Waals surface area (Å²) in [7, 11) is 3.62. The zero-order valence-electron chi connectivity index (χ0n) is 17.0. The number of hydrogen-bond acceptors (Lipinski definition) is 3. The summed E-state index contributed by atoms with van der Waals surface area (Å²) in [5.41, 5.74) is 3.98. The predicted molar refractivity (Wildman–Crippen MR) is 119 cm³/mol. The Morgan fingerprint density at radius 2 is 1.90 bits per heavy atom. The Morgan fingerprint density at radius 1 is 1.10 bits per heavy atom. The quantitative estimate of drug-likeness (QED) is 0.499. The highest BCUT2D eigenvalue weighted by Gasteiger charge is 2.20. The smallest absolute Gasteiger partial charge is 0.319 e. The SMILES string of the molecule is COc1ccccc1NC(=O)NC[C@H](c1cccnc1)c1cn(C)c2ccccc12. The highest BCUT2D eigenvalue weighted by molar-refractivity contribution is 5.91. The summed E-state index contributed by atoms with van der Waals surface area (Å²) in [5, 5.41) is 7.04. The average Bonchev–Trinajstić information content (AvgIpc) is 3.12. The maximum atomic E-state index is 12.6. The number of ether oxygens (including phenoxy) is 1. The zero-order chi connectivity index (χ0) is 20.9. The van der Waals surface area contributed by atoms with Gasteiger partial charge in [0.1, 0.15) is 5.75 Å². The van der Waals surface area contributed by atoms with Crippen LogP contribution < -0.4 is 15.4 Å². The number of benzene rings is 2. The number of carbonyl (C=O) groups excluding carboxylic acids is 1. The molecule has 0 saturated carbocycles. The molecule has 0 aliphatic rings. The average molecular weight is 400 g/mol. The van der Waals surface area contributed by atoms with Gasteiger partial charge in [-0.3, -0.25) is 4.98 Å². The van der Waals surface area contributed by atoms with Crippen molar-refractivity contribution in [1.29, 1.82) is 0 Å². The highest BCUT2D eigenvalue weighted by Crippen LogP contribution is 2.31. The first-order chi connectivity index (χ1) is 14.7. The van der Waals surface area contributed by atoms with E-state index in [1.165, 1.54) is 5.39 Å². The second-order valence-corrected chi connectivity index (χ2v) is 7.09. The number of rotatable bonds is 6. The Bertz CT molecular complexity index is 1150. The molecule has 4 aromatic rings. The van der Waals surface area contributed by atoms with Crippen molar-refractivity contribution in [2.24, 2.45) is 7.05 Å². The number of carbonyl (C=O) groups is 1. The van der Waals surface area contributed by atoms with E-state index in [0.29, 0.717) is 18.0 Å². The maximum Gasteiger partial charge on any atom is 0.319 e. The van der Waals surface area contributed by atoms with Crippen LogP contribution in [-0.4, -0.2) is 29.2 Å². The van der Waals surface area contributed by atoms with Gasteiger partial charge in [-0.1, -0.05) is 36.4 Å². The summed E-state index contributed by atoms with van der Waals surface area (Å²) in [6.07, 6.45) is 5.74. The molecule has 0 saturated heterocycles. The molecule has 2 aromatic heterocycles. The number of urea groups is 1. The lowest BCUT2D eigenvalue weighted by Crippen LogP contribution is -2.32. The summed E-state index contributed by atoms with van der Waals surface area (Å²) in [5.74, 6) is 0.582. The molecule has 6 nitrogen and oxygen atoms in total. The lowest BCUT2D eigenvalue weighted by molar-refractivity contribution is 0.251. The lowest BCUT2D eigenvalue weighted by atomic mass is 9.92. The molecular weight excluding hydrogens is 376 g/mol. The van der Waals surface area contributed by atoms with Crippen LogP contribution in [0.1, 0.15) is 17.0 Å². The first kappa shape index (κ1) is 19.5. The van der Waals surface area contributed by atoms with E-state index in [2.05, 4.69) is 38.5 Å². The third kappa shape index (κ3) is 3.98. The maximum absolute atomic E-state index is 12.6. The molecule has 0 bridgehead atoms. The van der Waals surface area contributed by atoms with Gasteiger partial charge in [-0.2, -0.15) is 0 Å². The Kier molecular flexibility index (Phi) is 5.66. The van der Waals surface area contributed by atoms with Crippen LogP contribution in [-0.2, 0) is 7.05 Å². The fourth-order valence-electron chi connectivity index (χ4n) is 3.75. The van der Waals surface area contributed by atoms with E-state index in [4.69, 9.17) is 4.74 Å². The summed E-state index contributed by atoms with van der Waals surface area (Å²) < 4.78 is 7.42. The van der Waals surface area contributed by atoms with E-state index in [0.717, 1.165) is 16.6 Å². The normalized spacial score (nSPS) is 11.8. The zero-order valence-corrected chi connectivity index (χ0v) is 17.0. The first-order valence-electron chi connectivity index (χ1n) is 9.79. The number of methoxy groups -OCH3 is 1. The van der Waals surface area contributed by atoms with E-state index in [1.54, 1.807) is 13.3 Å². The van der Waals surface area contributed by atoms with Crippen molar-refractivity contribution in [2.75, 3.05) is 19.0 Å². The van der Waals surface area contributed by atoms with E-state index < -0.39 is 0 Å². The van der Waals surface area contributed by atoms with Gasteiger partial charge in [0.25, 0.3) is 0 Å². The number of nitrogens with one attached hydrogen (secondary N) is 2. The fraction of sp³-hybridized carbons (Fsp3) is 0.167. The fourth-order valence-corrected chi connectivity index (χ4v) is 3.75. The molecule has 0 fully saturated rings. The molecule has 2 N–H and O–H groups in total. The van der Waals surface area contributed by atoms with E-state index >= 15 is 0 Å². The summed E-state index contributed by atoms with van der Waals surface area (Å²) in [6.45, 7) is 0.431. The summed E-state index contributed by atoms with van der Waals surface area (Å²) >= 11 is 0. The van der Waals surface area contributed by atoms with E-state index in [1.807, 2.05) is 61.8 Å². The summed E-state index contributed by atoms with van der Waals surface area (Å²) in [6, 6.07) is 19.3. The number of pyridine rings is 1. The number of amides is 2. The Balaban J connectivity index is 1.59. The van der Waals surface area contributed by atoms with Crippen LogP contribution >= 0.6 is 0 Å². The number of nitrogens with zero attached hydrogens (tertiary/aromatic N) is 2. The van der Waals surface area contributed by atoms with Gasteiger partial charge in [-0.05, 0) is 35.4 Å². The summed E-state index contributed by atoms with van der Waals surface area (Å²) in [4.78, 5) is 16.9. The molecular formula is C24H24N4O2. The minimum absolute atomic E-state index is 0.0341. The minimum Gasteiger partial charge on any atom is -0.495 e. The molecule has 2 aromatic carbocycles. The van der Waals surface area contributed by atoms with Crippen molar-refractivity contribution in [2.45, 2.75) is 5.92 Å². The predicted octanol–water partition coefficient (Wildman–Crippen LogP) is 4.54. The molecule has 0 aliphatic carbocycles. The molecule has 4 rings (SSSR count). The van der Waals surface area contributed by atoms with Crippen molar-refractivity contribution in [3.8, 4) is 5.75 Å².